The van der Waals surface area contributed by atoms with Crippen molar-refractivity contribution in [2.45, 2.75) is 123 Å². The second-order valence-corrected chi connectivity index (χ2v) is 14.0. The first-order valence-corrected chi connectivity index (χ1v) is 18.5. The Morgan fingerprint density at radius 2 is 1.29 bits per heavy atom. The summed E-state index contributed by atoms with van der Waals surface area (Å²) in [5, 5.41) is 4.63. The molecule has 0 amide bonds. The molecular weight excluding hydrogens is 571 g/mol. The van der Waals surface area contributed by atoms with Crippen molar-refractivity contribution in [2.75, 3.05) is 0 Å². The van der Waals surface area contributed by atoms with E-state index < -0.39 is 23.7 Å². The van der Waals surface area contributed by atoms with Crippen molar-refractivity contribution in [1.29, 1.82) is 1.12 Å². The van der Waals surface area contributed by atoms with Crippen molar-refractivity contribution in [2.24, 2.45) is 14.7 Å². The van der Waals surface area contributed by atoms with Gasteiger partial charge >= 0.3 is 0 Å². The molecule has 0 N–H and O–H groups in total. The molecule has 0 saturated heterocycles. The Labute approximate surface area is 259 Å². The van der Waals surface area contributed by atoms with Crippen LogP contribution in [0.15, 0.2) is 37.8 Å². The zero-order chi connectivity index (χ0) is 29.7. The van der Waals surface area contributed by atoms with E-state index in [9.17, 15) is 0 Å². The number of hydrogen-bond acceptors (Lipinski definition) is 4. The van der Waals surface area contributed by atoms with Gasteiger partial charge in [-0.25, -0.2) is 17.6 Å². The standard InChI is InChI=1S/C34H48F2N2S3/c1-3-5-7-9-11-12-14-16-19-25(18-15-13-10-8-6-4-2)22-26-23-28(40-24-26)30-32(36)31(35)29(27-20-17-21-39-27)33-34(30)38-41-37-33/h17,20-21,23-25H,3-16,18-19,22,41H2,1-2H3/i41D. The van der Waals surface area contributed by atoms with E-state index in [1.165, 1.54) is 131 Å². The van der Waals surface area contributed by atoms with Crippen molar-refractivity contribution in [3.8, 4) is 20.9 Å². The molecule has 0 fully saturated rings. The van der Waals surface area contributed by atoms with Crippen LogP contribution in [0.2, 0.25) is 0 Å². The van der Waals surface area contributed by atoms with E-state index in [1.807, 2.05) is 17.5 Å². The van der Waals surface area contributed by atoms with E-state index in [1.54, 1.807) is 6.07 Å². The quantitative estimate of drug-likeness (QED) is 0.112. The van der Waals surface area contributed by atoms with Gasteiger partial charge in [0.25, 0.3) is 0 Å². The average molecular weight is 620 g/mol. The second kappa shape index (κ2) is 17.5. The Balaban J connectivity index is 1.46. The summed E-state index contributed by atoms with van der Waals surface area (Å²) in [6.07, 6.45) is 21.9. The third-order valence-electron chi connectivity index (χ3n) is 8.24. The van der Waals surface area contributed by atoms with Gasteiger partial charge in [-0.3, -0.25) is 0 Å². The summed E-state index contributed by atoms with van der Waals surface area (Å²) in [5.41, 5.74) is 1.52. The predicted molar refractivity (Wildman–Crippen MR) is 178 cm³/mol. The summed E-state index contributed by atoms with van der Waals surface area (Å²) in [4.78, 5) is 1.30. The zero-order valence-electron chi connectivity index (χ0n) is 25.9. The van der Waals surface area contributed by atoms with E-state index in [4.69, 9.17) is 1.12 Å². The molecule has 1 aromatic carbocycles. The highest BCUT2D eigenvalue weighted by Crippen LogP contribution is 2.34. The fourth-order valence-corrected chi connectivity index (χ4v) is 8.26. The number of benzene rings is 1. The number of nitrogens with zero attached hydrogens (tertiary/aromatic N) is 2. The minimum atomic E-state index is -1.77. The van der Waals surface area contributed by atoms with Crippen molar-refractivity contribution in [3.63, 3.8) is 0 Å². The lowest BCUT2D eigenvalue weighted by Crippen LogP contribution is -2.29. The molecule has 1 aliphatic heterocycles. The van der Waals surface area contributed by atoms with Crippen LogP contribution in [-0.2, 0) is 6.42 Å². The molecule has 0 bridgehead atoms. The van der Waals surface area contributed by atoms with Gasteiger partial charge in [0.1, 0.15) is 11.8 Å². The van der Waals surface area contributed by atoms with Crippen LogP contribution in [0.5, 0.6) is 0 Å². The lowest BCUT2D eigenvalue weighted by molar-refractivity contribution is 0.400. The summed E-state index contributed by atoms with van der Waals surface area (Å²) >= 11 is 1.03. The van der Waals surface area contributed by atoms with Gasteiger partial charge in [-0.15, -0.1) is 22.7 Å². The van der Waals surface area contributed by atoms with Gasteiger partial charge in [-0.05, 0) is 40.8 Å². The minimum absolute atomic E-state index is 0.142. The van der Waals surface area contributed by atoms with E-state index in [2.05, 4.69) is 28.0 Å². The normalized spacial score (nSPS) is 16.3. The van der Waals surface area contributed by atoms with Crippen molar-refractivity contribution in [1.82, 2.24) is 0 Å². The fourth-order valence-electron chi connectivity index (χ4n) is 5.92. The predicted octanol–water partition coefficient (Wildman–Crippen LogP) is 11.1. The molecule has 0 aliphatic carbocycles. The van der Waals surface area contributed by atoms with Gasteiger partial charge in [-0.1, -0.05) is 135 Å². The summed E-state index contributed by atoms with van der Waals surface area (Å²) in [6.45, 7) is 4.53. The summed E-state index contributed by atoms with van der Waals surface area (Å²) < 4.78 is 48.2. The number of fused-ring (bicyclic) bond motifs is 1. The largest absolute Gasteiger partial charge is 0.220 e. The average Bonchev–Trinajstić information content (AvgIpc) is 3.75. The monoisotopic (exact) mass is 619 g/mol. The van der Waals surface area contributed by atoms with Crippen LogP contribution in [0.25, 0.3) is 20.9 Å². The Morgan fingerprint density at radius 1 is 0.756 bits per heavy atom. The van der Waals surface area contributed by atoms with Gasteiger partial charge in [0.2, 0.25) is 0 Å². The number of thiophene rings is 2. The first-order valence-electron chi connectivity index (χ1n) is 16.4. The summed E-state index contributed by atoms with van der Waals surface area (Å²) in [5.74, 6) is -1.15. The van der Waals surface area contributed by atoms with Crippen LogP contribution in [0.1, 0.15) is 122 Å². The van der Waals surface area contributed by atoms with Crippen molar-refractivity contribution < 1.29 is 8.78 Å². The first kappa shape index (κ1) is 30.9. The molecule has 2 unspecified atom stereocenters. The molecular formula is C34H48F2N2S3. The molecule has 41 heavy (non-hydrogen) atoms. The second-order valence-electron chi connectivity index (χ2n) is 11.6. The van der Waals surface area contributed by atoms with E-state index in [0.29, 0.717) is 26.4 Å². The van der Waals surface area contributed by atoms with E-state index in [-0.39, 0.29) is 11.1 Å². The van der Waals surface area contributed by atoms with Crippen LogP contribution in [0, 0.1) is 17.6 Å². The van der Waals surface area contributed by atoms with Crippen LogP contribution in [0.4, 0.5) is 8.78 Å². The molecule has 1 aliphatic rings. The van der Waals surface area contributed by atoms with Crippen molar-refractivity contribution in [3.05, 3.63) is 56.9 Å². The third kappa shape index (κ3) is 9.21. The Hall–Kier alpha value is -1.57. The SMILES string of the molecule is [2H][SH]1N=c2c(-c3cccs3)c(F)c(F)c(-c3cc(CC(CCCCCCCC)CCCCCCCCCC)cs3)c2=N1. The van der Waals surface area contributed by atoms with E-state index >= 15 is 8.78 Å². The Bertz CT molecular complexity index is 1360. The highest BCUT2D eigenvalue weighted by atomic mass is 32.2. The fraction of sp³-hybridized carbons (Fsp3) is 0.588. The van der Waals surface area contributed by atoms with Gasteiger partial charge in [0, 0.05) is 9.75 Å². The molecule has 2 nitrogen and oxygen atoms in total. The first-order chi connectivity index (χ1) is 20.5. The Morgan fingerprint density at radius 3 is 1.83 bits per heavy atom. The maximum absolute atomic E-state index is 15.7. The highest BCUT2D eigenvalue weighted by Gasteiger charge is 2.25. The maximum atomic E-state index is 15.7. The number of rotatable bonds is 20. The van der Waals surface area contributed by atoms with Gasteiger partial charge < -0.3 is 0 Å². The van der Waals surface area contributed by atoms with Crippen LogP contribution >= 0.6 is 34.7 Å². The van der Waals surface area contributed by atoms with Gasteiger partial charge in [0.15, 0.2) is 11.6 Å². The smallest absolute Gasteiger partial charge is 0.170 e. The zero-order valence-corrected chi connectivity index (χ0v) is 27.4. The molecule has 7 heteroatoms. The molecule has 2 aromatic heterocycles. The van der Waals surface area contributed by atoms with Gasteiger partial charge in [-0.2, -0.15) is 0 Å². The van der Waals surface area contributed by atoms with Crippen molar-refractivity contribution >= 4 is 34.7 Å². The number of unbranched alkanes of at least 4 members (excludes halogenated alkanes) is 12. The minimum Gasteiger partial charge on any atom is -0.220 e. The topological polar surface area (TPSA) is 24.7 Å². The maximum Gasteiger partial charge on any atom is 0.170 e. The van der Waals surface area contributed by atoms with Gasteiger partial charge in [0.05, 0.1) is 11.1 Å². The summed E-state index contributed by atoms with van der Waals surface area (Å²) in [6, 6.07) is 5.62. The number of hydrogen-bond donors (Lipinski definition) is 0. The highest BCUT2D eigenvalue weighted by molar-refractivity contribution is 7.96. The molecule has 2 atom stereocenters. The van der Waals surface area contributed by atoms with Crippen LogP contribution in [0.3, 0.4) is 0 Å². The number of halogens is 2. The third-order valence-corrected chi connectivity index (χ3v) is 10.7. The molecule has 0 radical (unpaired) electrons. The molecule has 4 rings (SSSR count). The lowest BCUT2D eigenvalue weighted by atomic mass is 9.89. The van der Waals surface area contributed by atoms with Crippen LogP contribution in [-0.4, -0.2) is 1.12 Å². The molecule has 226 valence electrons. The molecule has 3 heterocycles. The van der Waals surface area contributed by atoms with E-state index in [0.717, 1.165) is 6.42 Å². The lowest BCUT2D eigenvalue weighted by Gasteiger charge is -2.16. The molecule has 0 saturated carbocycles. The Kier molecular flexibility index (Phi) is 13.2. The summed E-state index contributed by atoms with van der Waals surface area (Å²) in [7, 11) is 0. The van der Waals surface area contributed by atoms with Crippen LogP contribution < -0.4 is 10.7 Å². The molecule has 3 aromatic rings. The molecule has 0 spiro atoms.